The lowest BCUT2D eigenvalue weighted by atomic mass is 10.2. The fraction of sp³-hybridized carbons (Fsp3) is 0.0357. The van der Waals surface area contributed by atoms with Crippen molar-refractivity contribution >= 4 is 22.7 Å². The second-order valence-corrected chi connectivity index (χ2v) is 8.56. The van der Waals surface area contributed by atoms with E-state index in [9.17, 15) is 14.0 Å². The van der Waals surface area contributed by atoms with E-state index >= 15 is 0 Å². The van der Waals surface area contributed by atoms with Crippen LogP contribution in [0.4, 0.5) is 10.1 Å². The molecule has 6 aromatic rings. The molecule has 0 aliphatic heterocycles. The zero-order valence-electron chi connectivity index (χ0n) is 20.4. The number of furan rings is 1. The lowest BCUT2D eigenvalue weighted by molar-refractivity contribution is 0.102. The van der Waals surface area contributed by atoms with E-state index in [2.05, 4.69) is 20.4 Å². The van der Waals surface area contributed by atoms with E-state index in [1.54, 1.807) is 47.3 Å². The molecule has 0 aliphatic rings. The highest BCUT2D eigenvalue weighted by Gasteiger charge is 2.16. The maximum atomic E-state index is 13.3. The average molecular weight is 522 g/mol. The molecule has 10 nitrogen and oxygen atoms in total. The molecule has 4 aromatic heterocycles. The van der Waals surface area contributed by atoms with Gasteiger partial charge in [-0.1, -0.05) is 0 Å². The normalized spacial score (nSPS) is 11.0. The largest absolute Gasteiger partial charge is 0.438 e. The van der Waals surface area contributed by atoms with Crippen LogP contribution in [0.25, 0.3) is 28.1 Å². The minimum Gasteiger partial charge on any atom is -0.438 e. The zero-order chi connectivity index (χ0) is 26.9. The third-order valence-corrected chi connectivity index (χ3v) is 5.91. The van der Waals surface area contributed by atoms with Gasteiger partial charge in [-0.15, -0.1) is 0 Å². The van der Waals surface area contributed by atoms with Crippen LogP contribution in [0.2, 0.25) is 0 Å². The van der Waals surface area contributed by atoms with Crippen molar-refractivity contribution in [3.05, 3.63) is 113 Å². The summed E-state index contributed by atoms with van der Waals surface area (Å²) in [6.45, 7) is 0. The van der Waals surface area contributed by atoms with Gasteiger partial charge in [0.1, 0.15) is 34.6 Å². The molecular weight excluding hydrogens is 503 g/mol. The quantitative estimate of drug-likeness (QED) is 0.329. The summed E-state index contributed by atoms with van der Waals surface area (Å²) in [5.74, 6) is 0.359. The number of pyridine rings is 1. The second-order valence-electron chi connectivity index (χ2n) is 8.56. The molecule has 192 valence electrons. The van der Waals surface area contributed by atoms with Gasteiger partial charge in [0, 0.05) is 30.8 Å². The summed E-state index contributed by atoms with van der Waals surface area (Å²) in [5.41, 5.74) is 1.48. The highest BCUT2D eigenvalue weighted by atomic mass is 19.1. The zero-order valence-corrected chi connectivity index (χ0v) is 20.4. The number of rotatable bonds is 6. The molecule has 0 unspecified atom stereocenters. The number of halogens is 1. The molecule has 0 saturated heterocycles. The molecule has 11 heteroatoms. The van der Waals surface area contributed by atoms with Gasteiger partial charge in [0.15, 0.2) is 0 Å². The first kappa shape index (κ1) is 23.8. The third-order valence-electron chi connectivity index (χ3n) is 5.91. The minimum atomic E-state index is -0.580. The average Bonchev–Trinajstić information content (AvgIpc) is 3.57. The predicted molar refractivity (Wildman–Crippen MR) is 140 cm³/mol. The Morgan fingerprint density at radius 1 is 1.05 bits per heavy atom. The number of amides is 1. The van der Waals surface area contributed by atoms with Gasteiger partial charge < -0.3 is 14.5 Å². The number of fused-ring (bicyclic) bond motifs is 1. The summed E-state index contributed by atoms with van der Waals surface area (Å²) in [7, 11) is 1.82. The van der Waals surface area contributed by atoms with Crippen LogP contribution in [0.3, 0.4) is 0 Å². The van der Waals surface area contributed by atoms with Gasteiger partial charge in [-0.3, -0.25) is 18.8 Å². The Balaban J connectivity index is 1.19. The van der Waals surface area contributed by atoms with Crippen LogP contribution in [-0.4, -0.2) is 30.2 Å². The smallest absolute Gasteiger partial charge is 0.267 e. The Morgan fingerprint density at radius 3 is 2.59 bits per heavy atom. The fourth-order valence-electron chi connectivity index (χ4n) is 3.99. The summed E-state index contributed by atoms with van der Waals surface area (Å²) in [6, 6.07) is 16.8. The number of benzene rings is 2. The van der Waals surface area contributed by atoms with Crippen molar-refractivity contribution in [1.29, 1.82) is 0 Å². The van der Waals surface area contributed by atoms with Crippen LogP contribution in [0, 0.1) is 5.82 Å². The summed E-state index contributed by atoms with van der Waals surface area (Å²) in [6.07, 6.45) is 6.38. The fourth-order valence-corrected chi connectivity index (χ4v) is 3.99. The standard InChI is InChI=1S/C28H19FN6O4/c1-34-15-17(14-32-34)24-13-23-26(30-16-31-27(23)39-24)38-21-10-6-19(7-11-21)33-25(36)22-3-2-12-35(28(22)37)20-8-4-18(29)5-9-20/h2-16H,1H3,(H,33,36). The van der Waals surface area contributed by atoms with Gasteiger partial charge in [0.25, 0.3) is 11.5 Å². The number of carbonyl (C=O) groups is 1. The van der Waals surface area contributed by atoms with E-state index < -0.39 is 17.3 Å². The summed E-state index contributed by atoms with van der Waals surface area (Å²) < 4.78 is 28.0. The Hall–Kier alpha value is -5.58. The molecule has 1 amide bonds. The van der Waals surface area contributed by atoms with Crippen molar-refractivity contribution in [2.24, 2.45) is 7.05 Å². The summed E-state index contributed by atoms with van der Waals surface area (Å²) >= 11 is 0. The SMILES string of the molecule is Cn1cc(-c2cc3c(Oc4ccc(NC(=O)c5cccn(-c6ccc(F)cc6)c5=O)cc4)ncnc3o2)cn1. The van der Waals surface area contributed by atoms with Gasteiger partial charge in [0.05, 0.1) is 11.8 Å². The highest BCUT2D eigenvalue weighted by Crippen LogP contribution is 2.33. The number of hydrogen-bond acceptors (Lipinski definition) is 7. The van der Waals surface area contributed by atoms with Gasteiger partial charge in [-0.25, -0.2) is 14.4 Å². The molecule has 0 spiro atoms. The number of nitrogens with one attached hydrogen (secondary N) is 1. The van der Waals surface area contributed by atoms with Crippen molar-refractivity contribution in [2.75, 3.05) is 5.32 Å². The number of aromatic nitrogens is 5. The van der Waals surface area contributed by atoms with E-state index in [1.165, 1.54) is 47.4 Å². The lowest BCUT2D eigenvalue weighted by Crippen LogP contribution is -2.27. The number of carbonyl (C=O) groups excluding carboxylic acids is 1. The Morgan fingerprint density at radius 2 is 1.85 bits per heavy atom. The maximum Gasteiger partial charge on any atom is 0.267 e. The number of anilines is 1. The minimum absolute atomic E-state index is 0.0603. The lowest BCUT2D eigenvalue weighted by Gasteiger charge is -2.10. The van der Waals surface area contributed by atoms with Crippen LogP contribution in [0.5, 0.6) is 11.6 Å². The Bertz CT molecular complexity index is 1870. The number of aryl methyl sites for hydroxylation is 1. The van der Waals surface area contributed by atoms with Crippen LogP contribution in [0.1, 0.15) is 10.4 Å². The molecule has 1 N–H and O–H groups in total. The Labute approximate surface area is 219 Å². The molecule has 2 aromatic carbocycles. The van der Waals surface area contributed by atoms with Crippen LogP contribution >= 0.6 is 0 Å². The molecule has 4 heterocycles. The highest BCUT2D eigenvalue weighted by molar-refractivity contribution is 6.04. The van der Waals surface area contributed by atoms with Crippen molar-refractivity contribution in [2.45, 2.75) is 0 Å². The van der Waals surface area contributed by atoms with E-state index in [4.69, 9.17) is 9.15 Å². The first-order valence-corrected chi connectivity index (χ1v) is 11.7. The number of hydrogen-bond donors (Lipinski definition) is 1. The monoisotopic (exact) mass is 522 g/mol. The van der Waals surface area contributed by atoms with Gasteiger partial charge in [-0.2, -0.15) is 5.10 Å². The molecule has 0 fully saturated rings. The third kappa shape index (κ3) is 4.76. The van der Waals surface area contributed by atoms with Crippen molar-refractivity contribution < 1.29 is 18.3 Å². The first-order chi connectivity index (χ1) is 18.9. The van der Waals surface area contributed by atoms with E-state index in [1.807, 2.05) is 13.2 Å². The van der Waals surface area contributed by atoms with Gasteiger partial charge in [0.2, 0.25) is 11.6 Å². The maximum absolute atomic E-state index is 13.3. The molecular formula is C28H19FN6O4. The summed E-state index contributed by atoms with van der Waals surface area (Å²) in [5, 5.41) is 7.46. The predicted octanol–water partition coefficient (Wildman–Crippen LogP) is 4.96. The van der Waals surface area contributed by atoms with Crippen molar-refractivity contribution in [3.8, 4) is 28.6 Å². The van der Waals surface area contributed by atoms with Crippen molar-refractivity contribution in [3.63, 3.8) is 0 Å². The van der Waals surface area contributed by atoms with Crippen LogP contribution < -0.4 is 15.6 Å². The molecule has 0 aliphatic carbocycles. The van der Waals surface area contributed by atoms with E-state index in [-0.39, 0.29) is 5.56 Å². The number of nitrogens with zero attached hydrogens (tertiary/aromatic N) is 5. The summed E-state index contributed by atoms with van der Waals surface area (Å²) in [4.78, 5) is 34.2. The van der Waals surface area contributed by atoms with Crippen molar-refractivity contribution in [1.82, 2.24) is 24.3 Å². The number of ether oxygens (including phenoxy) is 1. The molecule has 0 saturated carbocycles. The van der Waals surface area contributed by atoms with Crippen LogP contribution in [-0.2, 0) is 7.05 Å². The topological polar surface area (TPSA) is 117 Å². The molecule has 39 heavy (non-hydrogen) atoms. The Kier molecular flexibility index (Phi) is 5.92. The van der Waals surface area contributed by atoms with Crippen LogP contribution in [0.15, 0.2) is 101 Å². The second kappa shape index (κ2) is 9.71. The first-order valence-electron chi connectivity index (χ1n) is 11.7. The molecule has 0 bridgehead atoms. The molecule has 6 rings (SSSR count). The van der Waals surface area contributed by atoms with E-state index in [0.29, 0.717) is 39.9 Å². The molecule has 0 radical (unpaired) electrons. The van der Waals surface area contributed by atoms with Gasteiger partial charge in [-0.05, 0) is 66.7 Å². The molecule has 0 atom stereocenters. The van der Waals surface area contributed by atoms with Gasteiger partial charge >= 0.3 is 0 Å². The van der Waals surface area contributed by atoms with E-state index in [0.717, 1.165) is 5.56 Å².